The van der Waals surface area contributed by atoms with E-state index in [1.165, 1.54) is 51.5 Å². The van der Waals surface area contributed by atoms with E-state index >= 15 is 0 Å². The molecule has 1 fully saturated rings. The second kappa shape index (κ2) is 7.24. The molecule has 1 aliphatic heterocycles. The zero-order valence-corrected chi connectivity index (χ0v) is 9.60. The van der Waals surface area contributed by atoms with Crippen LogP contribution in [-0.2, 0) is 0 Å². The molecule has 0 aromatic rings. The van der Waals surface area contributed by atoms with Gasteiger partial charge < -0.3 is 11.1 Å². The summed E-state index contributed by atoms with van der Waals surface area (Å²) in [5, 5.41) is 3.53. The number of nitrogens with one attached hydrogen (secondary N) is 1. The number of hydrogen-bond donors (Lipinski definition) is 2. The predicted molar refractivity (Wildman–Crippen MR) is 62.3 cm³/mol. The Balaban J connectivity index is 2.27. The summed E-state index contributed by atoms with van der Waals surface area (Å²) >= 11 is 0. The highest BCUT2D eigenvalue weighted by molar-refractivity contribution is 4.71. The summed E-state index contributed by atoms with van der Waals surface area (Å²) in [6, 6.07) is 0.350. The minimum absolute atomic E-state index is 0.350. The quantitative estimate of drug-likeness (QED) is 0.678. The Morgan fingerprint density at radius 2 is 1.71 bits per heavy atom. The first-order chi connectivity index (χ1) is 6.80. The van der Waals surface area contributed by atoms with Gasteiger partial charge in [-0.15, -0.1) is 0 Å². The van der Waals surface area contributed by atoms with Gasteiger partial charge in [0, 0.05) is 6.04 Å². The average molecular weight is 198 g/mol. The summed E-state index contributed by atoms with van der Waals surface area (Å²) in [4.78, 5) is 0. The Kier molecular flexibility index (Phi) is 6.20. The van der Waals surface area contributed by atoms with Crippen molar-refractivity contribution in [3.63, 3.8) is 0 Å². The summed E-state index contributed by atoms with van der Waals surface area (Å²) < 4.78 is 0. The van der Waals surface area contributed by atoms with Crippen LogP contribution >= 0.6 is 0 Å². The maximum Gasteiger partial charge on any atom is 0.00508 e. The fourth-order valence-corrected chi connectivity index (χ4v) is 2.20. The van der Waals surface area contributed by atoms with E-state index in [1.807, 2.05) is 0 Å². The molecule has 2 atom stereocenters. The smallest absolute Gasteiger partial charge is 0.00508 e. The van der Waals surface area contributed by atoms with E-state index < -0.39 is 0 Å². The van der Waals surface area contributed by atoms with Crippen molar-refractivity contribution in [2.24, 2.45) is 11.7 Å². The summed E-state index contributed by atoms with van der Waals surface area (Å²) in [5.74, 6) is 0.688. The first-order valence-corrected chi connectivity index (χ1v) is 6.27. The third kappa shape index (κ3) is 4.97. The molecule has 0 saturated carbocycles. The van der Waals surface area contributed by atoms with Gasteiger partial charge in [-0.1, -0.05) is 32.1 Å². The summed E-state index contributed by atoms with van der Waals surface area (Å²) in [6.45, 7) is 4.45. The lowest BCUT2D eigenvalue weighted by molar-refractivity contribution is 0.377. The summed E-state index contributed by atoms with van der Waals surface area (Å²) in [6.07, 6.45) is 9.67. The maximum atomic E-state index is 5.98. The molecule has 0 aromatic carbocycles. The standard InChI is InChI=1S/C12H26N2/c1-11(13)12-8-6-4-2-3-5-7-9-14-10-12/h11-12,14H,2-10,13H2,1H3. The zero-order chi connectivity index (χ0) is 10.2. The van der Waals surface area contributed by atoms with Gasteiger partial charge in [0.1, 0.15) is 0 Å². The van der Waals surface area contributed by atoms with Crippen molar-refractivity contribution < 1.29 is 0 Å². The second-order valence-corrected chi connectivity index (χ2v) is 4.73. The van der Waals surface area contributed by atoms with Crippen LogP contribution in [0.4, 0.5) is 0 Å². The number of rotatable bonds is 1. The normalized spacial score (nSPS) is 29.1. The summed E-state index contributed by atoms with van der Waals surface area (Å²) in [5.41, 5.74) is 5.98. The second-order valence-electron chi connectivity index (χ2n) is 4.73. The van der Waals surface area contributed by atoms with Gasteiger partial charge in [-0.05, 0) is 38.8 Å². The molecule has 84 valence electrons. The van der Waals surface area contributed by atoms with Crippen LogP contribution in [0.1, 0.15) is 51.9 Å². The van der Waals surface area contributed by atoms with Crippen LogP contribution in [0.5, 0.6) is 0 Å². The molecule has 1 heterocycles. The van der Waals surface area contributed by atoms with Crippen molar-refractivity contribution >= 4 is 0 Å². The molecular weight excluding hydrogens is 172 g/mol. The van der Waals surface area contributed by atoms with Gasteiger partial charge >= 0.3 is 0 Å². The van der Waals surface area contributed by atoms with Crippen LogP contribution in [0, 0.1) is 5.92 Å². The van der Waals surface area contributed by atoms with Crippen molar-refractivity contribution in [2.75, 3.05) is 13.1 Å². The van der Waals surface area contributed by atoms with E-state index in [4.69, 9.17) is 5.73 Å². The molecule has 0 aliphatic carbocycles. The average Bonchev–Trinajstić information content (AvgIpc) is 2.21. The first-order valence-electron chi connectivity index (χ1n) is 6.27. The Bertz CT molecular complexity index is 122. The zero-order valence-electron chi connectivity index (χ0n) is 9.60. The Morgan fingerprint density at radius 1 is 1.07 bits per heavy atom. The molecule has 1 saturated heterocycles. The fourth-order valence-electron chi connectivity index (χ4n) is 2.20. The fraction of sp³-hybridized carbons (Fsp3) is 1.00. The molecular formula is C12H26N2. The lowest BCUT2D eigenvalue weighted by Crippen LogP contribution is -2.35. The van der Waals surface area contributed by atoms with E-state index in [2.05, 4.69) is 12.2 Å². The molecule has 0 aromatic heterocycles. The van der Waals surface area contributed by atoms with Crippen molar-refractivity contribution in [1.29, 1.82) is 0 Å². The van der Waals surface area contributed by atoms with E-state index in [-0.39, 0.29) is 0 Å². The third-order valence-corrected chi connectivity index (χ3v) is 3.33. The lowest BCUT2D eigenvalue weighted by atomic mass is 9.95. The molecule has 0 spiro atoms. The topological polar surface area (TPSA) is 38.0 Å². The molecule has 0 radical (unpaired) electrons. The molecule has 2 nitrogen and oxygen atoms in total. The van der Waals surface area contributed by atoms with Crippen molar-refractivity contribution in [1.82, 2.24) is 5.32 Å². The molecule has 0 amide bonds. The number of hydrogen-bond acceptors (Lipinski definition) is 2. The van der Waals surface area contributed by atoms with Gasteiger partial charge in [-0.3, -0.25) is 0 Å². The van der Waals surface area contributed by atoms with Crippen LogP contribution in [0.3, 0.4) is 0 Å². The van der Waals surface area contributed by atoms with Gasteiger partial charge in [-0.2, -0.15) is 0 Å². The first kappa shape index (κ1) is 12.0. The number of nitrogens with two attached hydrogens (primary N) is 1. The molecule has 2 heteroatoms. The van der Waals surface area contributed by atoms with Crippen LogP contribution < -0.4 is 11.1 Å². The molecule has 1 aliphatic rings. The monoisotopic (exact) mass is 198 g/mol. The van der Waals surface area contributed by atoms with Gasteiger partial charge in [0.25, 0.3) is 0 Å². The molecule has 0 bridgehead atoms. The van der Waals surface area contributed by atoms with Crippen LogP contribution in [0.2, 0.25) is 0 Å². The van der Waals surface area contributed by atoms with Gasteiger partial charge in [0.05, 0.1) is 0 Å². The van der Waals surface area contributed by atoms with Crippen molar-refractivity contribution in [3.8, 4) is 0 Å². The van der Waals surface area contributed by atoms with E-state index in [1.54, 1.807) is 0 Å². The van der Waals surface area contributed by atoms with Gasteiger partial charge in [0.15, 0.2) is 0 Å². The summed E-state index contributed by atoms with van der Waals surface area (Å²) in [7, 11) is 0. The third-order valence-electron chi connectivity index (χ3n) is 3.33. The molecule has 1 rings (SSSR count). The largest absolute Gasteiger partial charge is 0.328 e. The molecule has 3 N–H and O–H groups in total. The minimum Gasteiger partial charge on any atom is -0.328 e. The Morgan fingerprint density at radius 3 is 2.43 bits per heavy atom. The van der Waals surface area contributed by atoms with E-state index in [0.717, 1.165) is 6.54 Å². The minimum atomic E-state index is 0.350. The SMILES string of the molecule is CC(N)C1CCCCCCCCNC1. The van der Waals surface area contributed by atoms with E-state index in [0.29, 0.717) is 12.0 Å². The Labute approximate surface area is 88.6 Å². The highest BCUT2D eigenvalue weighted by Gasteiger charge is 2.13. The van der Waals surface area contributed by atoms with Crippen LogP contribution in [0.25, 0.3) is 0 Å². The highest BCUT2D eigenvalue weighted by Crippen LogP contribution is 2.15. The Hall–Kier alpha value is -0.0800. The van der Waals surface area contributed by atoms with Crippen molar-refractivity contribution in [3.05, 3.63) is 0 Å². The van der Waals surface area contributed by atoms with E-state index in [9.17, 15) is 0 Å². The lowest BCUT2D eigenvalue weighted by Gasteiger charge is -2.20. The maximum absolute atomic E-state index is 5.98. The van der Waals surface area contributed by atoms with Crippen molar-refractivity contribution in [2.45, 2.75) is 57.9 Å². The molecule has 2 unspecified atom stereocenters. The highest BCUT2D eigenvalue weighted by atomic mass is 14.9. The van der Waals surface area contributed by atoms with Gasteiger partial charge in [-0.25, -0.2) is 0 Å². The molecule has 14 heavy (non-hydrogen) atoms. The van der Waals surface area contributed by atoms with Gasteiger partial charge in [0.2, 0.25) is 0 Å². The predicted octanol–water partition coefficient (Wildman–Crippen LogP) is 2.28. The van der Waals surface area contributed by atoms with Crippen LogP contribution in [0.15, 0.2) is 0 Å². The van der Waals surface area contributed by atoms with Crippen LogP contribution in [-0.4, -0.2) is 19.1 Å².